The fraction of sp³-hybridized carbons (Fsp3) is 0.344. The summed E-state index contributed by atoms with van der Waals surface area (Å²) < 4.78 is 0. The van der Waals surface area contributed by atoms with Gasteiger partial charge in [0.15, 0.2) is 0 Å². The van der Waals surface area contributed by atoms with Gasteiger partial charge < -0.3 is 0 Å². The molecule has 0 radical (unpaired) electrons. The molecule has 35 heavy (non-hydrogen) atoms. The Hall–Kier alpha value is -3.33. The van der Waals surface area contributed by atoms with Crippen LogP contribution in [-0.2, 0) is 12.8 Å². The van der Waals surface area contributed by atoms with Gasteiger partial charge in [-0.1, -0.05) is 95.3 Å². The molecule has 0 aliphatic heterocycles. The van der Waals surface area contributed by atoms with Gasteiger partial charge in [0.25, 0.3) is 0 Å². The smallest absolute Gasteiger partial charge is 0.116 e. The third-order valence-electron chi connectivity index (χ3n) is 5.00. The highest BCUT2D eigenvalue weighted by atomic mass is 14.8. The number of fused-ring (bicyclic) bond motifs is 1. The van der Waals surface area contributed by atoms with Crippen molar-refractivity contribution < 1.29 is 0 Å². The van der Waals surface area contributed by atoms with Gasteiger partial charge in [0.2, 0.25) is 0 Å². The minimum atomic E-state index is 0.944. The topological polar surface area (TPSA) is 38.1 Å². The first-order valence-corrected chi connectivity index (χ1v) is 12.7. The first-order chi connectivity index (χ1) is 16.9. The maximum atomic E-state index is 4.38. The number of aryl methyl sites for hydroxylation is 2. The van der Waals surface area contributed by atoms with E-state index in [1.54, 1.807) is 13.4 Å². The lowest BCUT2D eigenvalue weighted by atomic mass is 10.0. The van der Waals surface area contributed by atoms with E-state index in [9.17, 15) is 0 Å². The molecule has 0 N–H and O–H groups in total. The standard InChI is InChI=1S/C15H18N2.C13H15N.2C2H6/c1-4-12-6-7-13-14(8-5-11(2)3)16-10-17-15(13)9-12;1-11(9-10-12(2)14-3)13-7-5-4-6-8-13;2*1-2/h6-7,9-10H,2,4-5,8H2,1,3H3;4-10H,1H2,2-3H3;2*1-2H3/b;10-9-,14-12?;;. The van der Waals surface area contributed by atoms with E-state index in [2.05, 4.69) is 60.2 Å². The molecule has 0 spiro atoms. The highest BCUT2D eigenvalue weighted by molar-refractivity contribution is 5.95. The molecule has 0 aliphatic carbocycles. The average molecular weight is 472 g/mol. The van der Waals surface area contributed by atoms with Crippen LogP contribution in [0.3, 0.4) is 0 Å². The Morgan fingerprint density at radius 1 is 0.914 bits per heavy atom. The molecule has 3 rings (SSSR count). The summed E-state index contributed by atoms with van der Waals surface area (Å²) in [4.78, 5) is 12.8. The Morgan fingerprint density at radius 3 is 2.14 bits per heavy atom. The molecule has 3 nitrogen and oxygen atoms in total. The predicted molar refractivity (Wildman–Crippen MR) is 158 cm³/mol. The summed E-state index contributed by atoms with van der Waals surface area (Å²) in [5, 5.41) is 1.17. The maximum absolute atomic E-state index is 4.38. The number of nitrogens with zero attached hydrogens (tertiary/aromatic N) is 3. The Kier molecular flexibility index (Phi) is 17.2. The lowest BCUT2D eigenvalue weighted by molar-refractivity contribution is 0.906. The normalized spacial score (nSPS) is 10.3. The quantitative estimate of drug-likeness (QED) is 0.196. The van der Waals surface area contributed by atoms with Crippen molar-refractivity contribution in [1.82, 2.24) is 9.97 Å². The van der Waals surface area contributed by atoms with Gasteiger partial charge in [0, 0.05) is 18.1 Å². The van der Waals surface area contributed by atoms with Gasteiger partial charge in [0.05, 0.1) is 11.2 Å². The first-order valence-electron chi connectivity index (χ1n) is 12.7. The molecule has 3 heteroatoms. The van der Waals surface area contributed by atoms with Crippen molar-refractivity contribution in [1.29, 1.82) is 0 Å². The molecule has 0 saturated carbocycles. The molecule has 2 aromatic carbocycles. The molecule has 0 unspecified atom stereocenters. The van der Waals surface area contributed by atoms with Gasteiger partial charge in [-0.25, -0.2) is 9.97 Å². The first kappa shape index (κ1) is 31.7. The molecule has 1 aromatic heterocycles. The van der Waals surface area contributed by atoms with E-state index in [-0.39, 0.29) is 0 Å². The fourth-order valence-electron chi connectivity index (χ4n) is 2.95. The van der Waals surface area contributed by atoms with Crippen LogP contribution in [-0.4, -0.2) is 22.7 Å². The number of hydrogen-bond acceptors (Lipinski definition) is 3. The van der Waals surface area contributed by atoms with Gasteiger partial charge in [0.1, 0.15) is 6.33 Å². The van der Waals surface area contributed by atoms with Crippen LogP contribution in [0, 0.1) is 0 Å². The SMILES string of the molecule is C=C(/C=C\C(C)=NC)c1ccccc1.C=C(C)CCc1ncnc2cc(CC)ccc12.CC.CC. The zero-order chi connectivity index (χ0) is 26.6. The van der Waals surface area contributed by atoms with Crippen molar-refractivity contribution in [2.45, 2.75) is 67.7 Å². The molecule has 188 valence electrons. The number of rotatable bonds is 7. The van der Waals surface area contributed by atoms with Crippen LogP contribution in [0.1, 0.15) is 71.7 Å². The molecule has 0 fully saturated rings. The molecular formula is C32H45N3. The molecule has 0 aliphatic rings. The molecule has 0 amide bonds. The zero-order valence-corrected chi connectivity index (χ0v) is 23.2. The highest BCUT2D eigenvalue weighted by Gasteiger charge is 2.04. The molecule has 3 aromatic rings. The molecule has 0 bridgehead atoms. The third kappa shape index (κ3) is 12.1. The van der Waals surface area contributed by atoms with Crippen molar-refractivity contribution in [3.8, 4) is 0 Å². The summed E-state index contributed by atoms with van der Waals surface area (Å²) in [6.45, 7) is 22.1. The van der Waals surface area contributed by atoms with E-state index in [1.165, 1.54) is 16.5 Å². The fourth-order valence-corrected chi connectivity index (χ4v) is 2.95. The van der Waals surface area contributed by atoms with Gasteiger partial charge >= 0.3 is 0 Å². The van der Waals surface area contributed by atoms with Crippen molar-refractivity contribution >= 4 is 22.2 Å². The Bertz CT molecular complexity index is 1080. The number of hydrogen-bond donors (Lipinski definition) is 0. The monoisotopic (exact) mass is 471 g/mol. The zero-order valence-electron chi connectivity index (χ0n) is 23.2. The van der Waals surface area contributed by atoms with Crippen molar-refractivity contribution in [2.24, 2.45) is 4.99 Å². The summed E-state index contributed by atoms with van der Waals surface area (Å²) in [6.07, 6.45) is 8.59. The Balaban J connectivity index is 0.000000587. The lowest BCUT2D eigenvalue weighted by Crippen LogP contribution is -1.95. The van der Waals surface area contributed by atoms with Crippen LogP contribution in [0.15, 0.2) is 90.7 Å². The van der Waals surface area contributed by atoms with Crippen LogP contribution in [0.25, 0.3) is 16.5 Å². The largest absolute Gasteiger partial charge is 0.293 e. The van der Waals surface area contributed by atoms with Crippen LogP contribution in [0.2, 0.25) is 0 Å². The summed E-state index contributed by atoms with van der Waals surface area (Å²) in [6, 6.07) is 16.6. The second-order valence-electron chi connectivity index (χ2n) is 7.57. The lowest BCUT2D eigenvalue weighted by Gasteiger charge is -2.06. The minimum absolute atomic E-state index is 0.944. The Labute approximate surface area is 214 Å². The summed E-state index contributed by atoms with van der Waals surface area (Å²) >= 11 is 0. The summed E-state index contributed by atoms with van der Waals surface area (Å²) in [7, 11) is 1.78. The molecule has 0 atom stereocenters. The van der Waals surface area contributed by atoms with E-state index in [0.29, 0.717) is 0 Å². The molecule has 1 heterocycles. The van der Waals surface area contributed by atoms with Gasteiger partial charge in [-0.3, -0.25) is 4.99 Å². The van der Waals surface area contributed by atoms with E-state index in [1.807, 2.05) is 77.1 Å². The van der Waals surface area contributed by atoms with E-state index in [4.69, 9.17) is 0 Å². The third-order valence-corrected chi connectivity index (χ3v) is 5.00. The van der Waals surface area contributed by atoms with Crippen molar-refractivity contribution in [2.75, 3.05) is 7.05 Å². The predicted octanol–water partition coefficient (Wildman–Crippen LogP) is 9.10. The maximum Gasteiger partial charge on any atom is 0.116 e. The number of aliphatic imine (C=N–C) groups is 1. The van der Waals surface area contributed by atoms with Crippen molar-refractivity contribution in [3.05, 3.63) is 103 Å². The minimum Gasteiger partial charge on any atom is -0.293 e. The van der Waals surface area contributed by atoms with Gasteiger partial charge in [-0.05, 0) is 62.0 Å². The van der Waals surface area contributed by atoms with Gasteiger partial charge in [-0.15, -0.1) is 6.58 Å². The second kappa shape index (κ2) is 19.0. The summed E-state index contributed by atoms with van der Waals surface area (Å²) in [5.74, 6) is 0. The number of benzene rings is 2. The number of allylic oxidation sites excluding steroid dienone is 4. The Morgan fingerprint density at radius 2 is 1.57 bits per heavy atom. The number of aromatic nitrogens is 2. The van der Waals surface area contributed by atoms with Crippen LogP contribution in [0.5, 0.6) is 0 Å². The van der Waals surface area contributed by atoms with Crippen LogP contribution >= 0.6 is 0 Å². The van der Waals surface area contributed by atoms with Crippen molar-refractivity contribution in [3.63, 3.8) is 0 Å². The summed E-state index contributed by atoms with van der Waals surface area (Å²) in [5.41, 5.74) is 7.85. The van der Waals surface area contributed by atoms with E-state index < -0.39 is 0 Å². The van der Waals surface area contributed by atoms with Crippen LogP contribution in [0.4, 0.5) is 0 Å². The van der Waals surface area contributed by atoms with Crippen LogP contribution < -0.4 is 0 Å². The highest BCUT2D eigenvalue weighted by Crippen LogP contribution is 2.19. The second-order valence-corrected chi connectivity index (χ2v) is 7.57. The average Bonchev–Trinajstić information content (AvgIpc) is 2.92. The van der Waals surface area contributed by atoms with E-state index in [0.717, 1.165) is 47.3 Å². The molecule has 0 saturated heterocycles. The van der Waals surface area contributed by atoms with E-state index >= 15 is 0 Å². The van der Waals surface area contributed by atoms with Gasteiger partial charge in [-0.2, -0.15) is 0 Å². The molecular weight excluding hydrogens is 426 g/mol.